The van der Waals surface area contributed by atoms with Crippen LogP contribution in [-0.4, -0.2) is 53.0 Å². The van der Waals surface area contributed by atoms with E-state index in [1.807, 2.05) is 37.3 Å². The van der Waals surface area contributed by atoms with Crippen LogP contribution >= 0.6 is 11.6 Å². The molecule has 0 aliphatic carbocycles. The molecule has 0 bridgehead atoms. The number of piperazine rings is 1. The average Bonchev–Trinajstić information content (AvgIpc) is 2.67. The lowest BCUT2D eigenvalue weighted by Crippen LogP contribution is -2.54. The number of nitrogens with one attached hydrogen (secondary N) is 1. The molecular formula is C18H22ClN5O. The van der Waals surface area contributed by atoms with Gasteiger partial charge in [-0.05, 0) is 24.6 Å². The normalized spacial score (nSPS) is 16.5. The third-order valence-corrected chi connectivity index (χ3v) is 4.86. The van der Waals surface area contributed by atoms with E-state index in [1.165, 1.54) is 0 Å². The van der Waals surface area contributed by atoms with Gasteiger partial charge in [-0.3, -0.25) is 9.69 Å². The molecule has 1 atom stereocenters. The van der Waals surface area contributed by atoms with Crippen LogP contribution in [0, 0.1) is 0 Å². The Morgan fingerprint density at radius 2 is 1.84 bits per heavy atom. The van der Waals surface area contributed by atoms with Crippen molar-refractivity contribution < 1.29 is 4.79 Å². The van der Waals surface area contributed by atoms with Crippen molar-refractivity contribution >= 4 is 23.5 Å². The Bertz CT molecular complexity index is 704. The highest BCUT2D eigenvalue weighted by atomic mass is 35.5. The van der Waals surface area contributed by atoms with Crippen molar-refractivity contribution in [1.29, 1.82) is 0 Å². The van der Waals surface area contributed by atoms with Crippen LogP contribution in [0.4, 0.5) is 5.95 Å². The number of hydrogen-bond acceptors (Lipinski definition) is 5. The maximum atomic E-state index is 12.4. The molecule has 6 nitrogen and oxygen atoms in total. The lowest BCUT2D eigenvalue weighted by atomic mass is 10.2. The minimum atomic E-state index is -0.179. The molecule has 132 valence electrons. The second-order valence-corrected chi connectivity index (χ2v) is 6.46. The standard InChI is InChI=1S/C18H22ClN5O/c1-14(17(25)22-13-15-5-2-3-6-16(15)19)23-9-11-24(12-10-23)18-20-7-4-8-21-18/h2-8,14H,9-13H2,1H3,(H,22,25). The molecule has 1 N–H and O–H groups in total. The summed E-state index contributed by atoms with van der Waals surface area (Å²) in [5.74, 6) is 0.766. The molecule has 1 aromatic heterocycles. The van der Waals surface area contributed by atoms with Gasteiger partial charge >= 0.3 is 0 Å². The fourth-order valence-electron chi connectivity index (χ4n) is 2.90. The number of benzene rings is 1. The Morgan fingerprint density at radius 3 is 2.52 bits per heavy atom. The first-order chi connectivity index (χ1) is 12.1. The van der Waals surface area contributed by atoms with Gasteiger partial charge < -0.3 is 10.2 Å². The highest BCUT2D eigenvalue weighted by molar-refractivity contribution is 6.31. The van der Waals surface area contributed by atoms with Crippen molar-refractivity contribution in [3.8, 4) is 0 Å². The van der Waals surface area contributed by atoms with Crippen molar-refractivity contribution in [3.05, 3.63) is 53.3 Å². The molecular weight excluding hydrogens is 338 g/mol. The van der Waals surface area contributed by atoms with E-state index >= 15 is 0 Å². The maximum absolute atomic E-state index is 12.4. The number of hydrogen-bond donors (Lipinski definition) is 1. The summed E-state index contributed by atoms with van der Waals surface area (Å²) in [5, 5.41) is 3.65. The quantitative estimate of drug-likeness (QED) is 0.884. The number of halogens is 1. The summed E-state index contributed by atoms with van der Waals surface area (Å²) in [7, 11) is 0. The highest BCUT2D eigenvalue weighted by Crippen LogP contribution is 2.15. The summed E-state index contributed by atoms with van der Waals surface area (Å²) in [5.41, 5.74) is 0.927. The van der Waals surface area contributed by atoms with Gasteiger partial charge in [0.1, 0.15) is 0 Å². The highest BCUT2D eigenvalue weighted by Gasteiger charge is 2.26. The zero-order valence-electron chi connectivity index (χ0n) is 14.2. The molecule has 1 aromatic carbocycles. The zero-order valence-corrected chi connectivity index (χ0v) is 15.0. The minimum absolute atomic E-state index is 0.0179. The van der Waals surface area contributed by atoms with E-state index in [4.69, 9.17) is 11.6 Å². The fraction of sp³-hybridized carbons (Fsp3) is 0.389. The number of carbonyl (C=O) groups excluding carboxylic acids is 1. The second-order valence-electron chi connectivity index (χ2n) is 6.06. The van der Waals surface area contributed by atoms with E-state index in [9.17, 15) is 4.79 Å². The van der Waals surface area contributed by atoms with Crippen LogP contribution in [-0.2, 0) is 11.3 Å². The third-order valence-electron chi connectivity index (χ3n) is 4.49. The van der Waals surface area contributed by atoms with E-state index < -0.39 is 0 Å². The molecule has 1 unspecified atom stereocenters. The predicted octanol–water partition coefficient (Wildman–Crippen LogP) is 1.96. The van der Waals surface area contributed by atoms with Crippen molar-refractivity contribution in [1.82, 2.24) is 20.2 Å². The number of anilines is 1. The largest absolute Gasteiger partial charge is 0.351 e. The van der Waals surface area contributed by atoms with Gasteiger partial charge in [-0.25, -0.2) is 9.97 Å². The van der Waals surface area contributed by atoms with Gasteiger partial charge in [0, 0.05) is 50.1 Å². The Balaban J connectivity index is 1.49. The molecule has 1 aliphatic heterocycles. The van der Waals surface area contributed by atoms with Crippen molar-refractivity contribution in [2.24, 2.45) is 0 Å². The first-order valence-corrected chi connectivity index (χ1v) is 8.80. The minimum Gasteiger partial charge on any atom is -0.351 e. The molecule has 0 radical (unpaired) electrons. The van der Waals surface area contributed by atoms with E-state index in [-0.39, 0.29) is 11.9 Å². The molecule has 3 rings (SSSR count). The lowest BCUT2D eigenvalue weighted by Gasteiger charge is -2.37. The van der Waals surface area contributed by atoms with Gasteiger partial charge in [0.15, 0.2) is 0 Å². The van der Waals surface area contributed by atoms with Crippen molar-refractivity contribution in [3.63, 3.8) is 0 Å². The molecule has 7 heteroatoms. The predicted molar refractivity (Wildman–Crippen MR) is 98.6 cm³/mol. The first kappa shape index (κ1) is 17.6. The van der Waals surface area contributed by atoms with E-state index in [0.29, 0.717) is 11.6 Å². The van der Waals surface area contributed by atoms with Gasteiger partial charge in [-0.15, -0.1) is 0 Å². The molecule has 1 saturated heterocycles. The molecule has 2 aromatic rings. The van der Waals surface area contributed by atoms with Crippen LogP contribution in [0.15, 0.2) is 42.7 Å². The fourth-order valence-corrected chi connectivity index (χ4v) is 3.10. The summed E-state index contributed by atoms with van der Waals surface area (Å²) < 4.78 is 0. The van der Waals surface area contributed by atoms with Gasteiger partial charge in [0.25, 0.3) is 0 Å². The van der Waals surface area contributed by atoms with Gasteiger partial charge in [-0.2, -0.15) is 0 Å². The van der Waals surface area contributed by atoms with Gasteiger partial charge in [-0.1, -0.05) is 29.8 Å². The molecule has 25 heavy (non-hydrogen) atoms. The lowest BCUT2D eigenvalue weighted by molar-refractivity contribution is -0.126. The second kappa shape index (κ2) is 8.27. The molecule has 1 fully saturated rings. The topological polar surface area (TPSA) is 61.4 Å². The zero-order chi connectivity index (χ0) is 17.6. The molecule has 1 amide bonds. The molecule has 1 aliphatic rings. The van der Waals surface area contributed by atoms with Crippen LogP contribution < -0.4 is 10.2 Å². The first-order valence-electron chi connectivity index (χ1n) is 8.42. The van der Waals surface area contributed by atoms with Gasteiger partial charge in [0.2, 0.25) is 11.9 Å². The molecule has 0 saturated carbocycles. The number of rotatable bonds is 5. The van der Waals surface area contributed by atoms with Crippen LogP contribution in [0.2, 0.25) is 5.02 Å². The Labute approximate surface area is 152 Å². The number of amides is 1. The number of carbonyl (C=O) groups is 1. The number of aromatic nitrogens is 2. The van der Waals surface area contributed by atoms with Crippen LogP contribution in [0.25, 0.3) is 0 Å². The van der Waals surface area contributed by atoms with E-state index in [0.717, 1.165) is 37.7 Å². The number of nitrogens with zero attached hydrogens (tertiary/aromatic N) is 4. The SMILES string of the molecule is CC(C(=O)NCc1ccccc1Cl)N1CCN(c2ncccn2)CC1. The summed E-state index contributed by atoms with van der Waals surface area (Å²) in [4.78, 5) is 25.3. The van der Waals surface area contributed by atoms with E-state index in [2.05, 4.69) is 25.1 Å². The molecule has 0 spiro atoms. The Hall–Kier alpha value is -2.18. The summed E-state index contributed by atoms with van der Waals surface area (Å²) >= 11 is 6.13. The average molecular weight is 360 g/mol. The van der Waals surface area contributed by atoms with Crippen LogP contribution in [0.3, 0.4) is 0 Å². The van der Waals surface area contributed by atoms with Gasteiger partial charge in [0.05, 0.1) is 6.04 Å². The Kier molecular flexibility index (Phi) is 5.83. The monoisotopic (exact) mass is 359 g/mol. The van der Waals surface area contributed by atoms with E-state index in [1.54, 1.807) is 12.4 Å². The van der Waals surface area contributed by atoms with Crippen LogP contribution in [0.1, 0.15) is 12.5 Å². The summed E-state index contributed by atoms with van der Waals surface area (Å²) in [6, 6.07) is 9.18. The maximum Gasteiger partial charge on any atom is 0.237 e. The summed E-state index contributed by atoms with van der Waals surface area (Å²) in [6.07, 6.45) is 3.50. The molecule has 2 heterocycles. The Morgan fingerprint density at radius 1 is 1.16 bits per heavy atom. The van der Waals surface area contributed by atoms with Crippen LogP contribution in [0.5, 0.6) is 0 Å². The van der Waals surface area contributed by atoms with Crippen molar-refractivity contribution in [2.45, 2.75) is 19.5 Å². The summed E-state index contributed by atoms with van der Waals surface area (Å²) in [6.45, 7) is 5.62. The van der Waals surface area contributed by atoms with Crippen molar-refractivity contribution in [2.75, 3.05) is 31.1 Å². The third kappa shape index (κ3) is 4.46. The smallest absolute Gasteiger partial charge is 0.237 e.